The van der Waals surface area contributed by atoms with E-state index in [1.54, 1.807) is 7.11 Å². The molecule has 5 heteroatoms. The quantitative estimate of drug-likeness (QED) is 0.699. The van der Waals surface area contributed by atoms with E-state index in [9.17, 15) is 9.59 Å². The number of ether oxygens (including phenoxy) is 1. The fraction of sp³-hybridized carbons (Fsp3) is 0.462. The van der Waals surface area contributed by atoms with Gasteiger partial charge in [0.15, 0.2) is 0 Å². The summed E-state index contributed by atoms with van der Waals surface area (Å²) in [7, 11) is 1.66. The molecule has 164 valence electrons. The number of nitrogens with one attached hydrogen (secondary N) is 1. The Hall–Kier alpha value is -2.82. The van der Waals surface area contributed by atoms with Crippen LogP contribution in [0.25, 0.3) is 0 Å². The summed E-state index contributed by atoms with van der Waals surface area (Å²) in [6, 6.07) is 18.3. The molecular weight excluding hydrogens is 388 g/mol. The first-order valence-electron chi connectivity index (χ1n) is 11.3. The topological polar surface area (TPSA) is 58.6 Å². The highest BCUT2D eigenvalue weighted by Crippen LogP contribution is 2.48. The largest absolute Gasteiger partial charge is 0.496 e. The van der Waals surface area contributed by atoms with Gasteiger partial charge in [-0.15, -0.1) is 0 Å². The van der Waals surface area contributed by atoms with E-state index in [1.807, 2.05) is 42.5 Å². The van der Waals surface area contributed by atoms with E-state index < -0.39 is 0 Å². The third-order valence-electron chi connectivity index (χ3n) is 7.04. The lowest BCUT2D eigenvalue weighted by Crippen LogP contribution is -2.55. The SMILES string of the molecule is COc1ccccc1CCC(=O)NC[C@@]12CCC[C@H]1N(Cc1ccccc1)C(=O)CC2. The zero-order valence-corrected chi connectivity index (χ0v) is 18.3. The number of para-hydroxylation sites is 1. The van der Waals surface area contributed by atoms with Gasteiger partial charge in [-0.2, -0.15) is 0 Å². The summed E-state index contributed by atoms with van der Waals surface area (Å²) in [5.41, 5.74) is 2.22. The monoisotopic (exact) mass is 420 g/mol. The van der Waals surface area contributed by atoms with Crippen LogP contribution in [0.15, 0.2) is 54.6 Å². The fourth-order valence-corrected chi connectivity index (χ4v) is 5.37. The standard InChI is InChI=1S/C26H32N2O3/c1-31-22-11-6-5-10-21(22)13-14-24(29)27-19-26-16-7-12-23(26)28(25(30)15-17-26)18-20-8-3-2-4-9-20/h2-6,8-11,23H,7,12-19H2,1H3,(H,27,29)/t23-,26+/m1/s1. The third kappa shape index (κ3) is 4.76. The van der Waals surface area contributed by atoms with Gasteiger partial charge in [-0.1, -0.05) is 55.0 Å². The molecule has 2 aliphatic rings. The van der Waals surface area contributed by atoms with Crippen LogP contribution in [0.1, 0.15) is 49.7 Å². The molecule has 1 N–H and O–H groups in total. The van der Waals surface area contributed by atoms with Crippen LogP contribution in [-0.4, -0.2) is 36.4 Å². The number of hydrogen-bond acceptors (Lipinski definition) is 3. The molecule has 2 aromatic carbocycles. The van der Waals surface area contributed by atoms with Gasteiger partial charge in [-0.05, 0) is 42.9 Å². The number of carbonyl (C=O) groups is 2. The summed E-state index contributed by atoms with van der Waals surface area (Å²) in [5.74, 6) is 1.14. The van der Waals surface area contributed by atoms with Crippen molar-refractivity contribution in [3.63, 3.8) is 0 Å². The molecule has 0 aromatic heterocycles. The first-order chi connectivity index (χ1) is 15.1. The van der Waals surface area contributed by atoms with Crippen molar-refractivity contribution in [2.75, 3.05) is 13.7 Å². The number of benzene rings is 2. The molecule has 2 atom stereocenters. The van der Waals surface area contributed by atoms with E-state index in [4.69, 9.17) is 4.74 Å². The maximum absolute atomic E-state index is 12.8. The molecule has 0 spiro atoms. The minimum absolute atomic E-state index is 0.00277. The van der Waals surface area contributed by atoms with E-state index in [2.05, 4.69) is 22.3 Å². The average molecular weight is 421 g/mol. The Kier molecular flexibility index (Phi) is 6.59. The maximum atomic E-state index is 12.8. The smallest absolute Gasteiger partial charge is 0.223 e. The minimum Gasteiger partial charge on any atom is -0.496 e. The van der Waals surface area contributed by atoms with Crippen molar-refractivity contribution in [2.45, 2.75) is 57.5 Å². The Morgan fingerprint density at radius 1 is 1.13 bits per heavy atom. The van der Waals surface area contributed by atoms with Gasteiger partial charge in [0.05, 0.1) is 7.11 Å². The summed E-state index contributed by atoms with van der Waals surface area (Å²) < 4.78 is 5.39. The summed E-state index contributed by atoms with van der Waals surface area (Å²) in [5, 5.41) is 3.20. The Morgan fingerprint density at radius 2 is 1.90 bits per heavy atom. The molecule has 2 amide bonds. The highest BCUT2D eigenvalue weighted by atomic mass is 16.5. The number of rotatable bonds is 8. The first-order valence-corrected chi connectivity index (χ1v) is 11.3. The molecule has 1 saturated heterocycles. The zero-order valence-electron chi connectivity index (χ0n) is 18.3. The highest BCUT2D eigenvalue weighted by molar-refractivity contribution is 5.78. The van der Waals surface area contributed by atoms with Crippen LogP contribution in [0.5, 0.6) is 5.75 Å². The summed E-state index contributed by atoms with van der Waals surface area (Å²) in [6.07, 6.45) is 5.74. The molecule has 1 aliphatic carbocycles. The Labute approximate surface area is 184 Å². The number of piperidine rings is 1. The zero-order chi connectivity index (χ0) is 21.7. The van der Waals surface area contributed by atoms with Gasteiger partial charge in [0.25, 0.3) is 0 Å². The number of methoxy groups -OCH3 is 1. The normalized spacial score (nSPS) is 22.8. The van der Waals surface area contributed by atoms with Crippen LogP contribution < -0.4 is 10.1 Å². The molecule has 4 rings (SSSR count). The van der Waals surface area contributed by atoms with Gasteiger partial charge in [0.2, 0.25) is 11.8 Å². The van der Waals surface area contributed by atoms with Crippen molar-refractivity contribution in [3.8, 4) is 5.75 Å². The molecule has 1 aliphatic heterocycles. The van der Waals surface area contributed by atoms with Gasteiger partial charge < -0.3 is 15.0 Å². The van der Waals surface area contributed by atoms with Crippen molar-refractivity contribution >= 4 is 11.8 Å². The first kappa shape index (κ1) is 21.4. The number of hydrogen-bond donors (Lipinski definition) is 1. The minimum atomic E-state index is 0.00277. The van der Waals surface area contributed by atoms with Gasteiger partial charge in [0.1, 0.15) is 5.75 Å². The van der Waals surface area contributed by atoms with Crippen molar-refractivity contribution in [1.29, 1.82) is 0 Å². The number of nitrogens with zero attached hydrogens (tertiary/aromatic N) is 1. The molecule has 0 radical (unpaired) electrons. The Morgan fingerprint density at radius 3 is 2.71 bits per heavy atom. The van der Waals surface area contributed by atoms with E-state index >= 15 is 0 Å². The van der Waals surface area contributed by atoms with Crippen LogP contribution in [0, 0.1) is 5.41 Å². The summed E-state index contributed by atoms with van der Waals surface area (Å²) >= 11 is 0. The van der Waals surface area contributed by atoms with Crippen LogP contribution in [0.3, 0.4) is 0 Å². The lowest BCUT2D eigenvalue weighted by molar-refractivity contribution is -0.142. The molecule has 5 nitrogen and oxygen atoms in total. The van der Waals surface area contributed by atoms with Crippen LogP contribution in [-0.2, 0) is 22.6 Å². The third-order valence-corrected chi connectivity index (χ3v) is 7.04. The van der Waals surface area contributed by atoms with Crippen molar-refractivity contribution in [3.05, 3.63) is 65.7 Å². The van der Waals surface area contributed by atoms with E-state index in [1.165, 1.54) is 5.56 Å². The van der Waals surface area contributed by atoms with Crippen molar-refractivity contribution < 1.29 is 14.3 Å². The van der Waals surface area contributed by atoms with Gasteiger partial charge in [-0.3, -0.25) is 9.59 Å². The van der Waals surface area contributed by atoms with Gasteiger partial charge in [-0.25, -0.2) is 0 Å². The average Bonchev–Trinajstić information content (AvgIpc) is 3.24. The molecule has 1 saturated carbocycles. The number of carbonyl (C=O) groups excluding carboxylic acids is 2. The predicted octanol–water partition coefficient (Wildman–Crippen LogP) is 4.11. The van der Waals surface area contributed by atoms with Crippen LogP contribution in [0.2, 0.25) is 0 Å². The molecule has 0 unspecified atom stereocenters. The number of likely N-dealkylation sites (tertiary alicyclic amines) is 1. The lowest BCUT2D eigenvalue weighted by Gasteiger charge is -2.46. The number of fused-ring (bicyclic) bond motifs is 1. The second-order valence-corrected chi connectivity index (χ2v) is 8.87. The van der Waals surface area contributed by atoms with E-state index in [0.29, 0.717) is 32.4 Å². The second kappa shape index (κ2) is 9.54. The predicted molar refractivity (Wildman–Crippen MR) is 121 cm³/mol. The molecule has 1 heterocycles. The molecule has 0 bridgehead atoms. The number of aryl methyl sites for hydroxylation is 1. The summed E-state index contributed by atoms with van der Waals surface area (Å²) in [6.45, 7) is 1.31. The summed E-state index contributed by atoms with van der Waals surface area (Å²) in [4.78, 5) is 27.5. The Balaban J connectivity index is 1.37. The fourth-order valence-electron chi connectivity index (χ4n) is 5.37. The molecule has 31 heavy (non-hydrogen) atoms. The van der Waals surface area contributed by atoms with Crippen LogP contribution in [0.4, 0.5) is 0 Å². The van der Waals surface area contributed by atoms with E-state index in [-0.39, 0.29) is 23.3 Å². The van der Waals surface area contributed by atoms with Gasteiger partial charge in [0, 0.05) is 37.4 Å². The molecule has 2 fully saturated rings. The van der Waals surface area contributed by atoms with Crippen molar-refractivity contribution in [1.82, 2.24) is 10.2 Å². The highest BCUT2D eigenvalue weighted by Gasteiger charge is 2.50. The Bertz CT molecular complexity index is 914. The second-order valence-electron chi connectivity index (χ2n) is 8.87. The van der Waals surface area contributed by atoms with E-state index in [0.717, 1.165) is 37.0 Å². The lowest BCUT2D eigenvalue weighted by atomic mass is 9.74. The molecule has 2 aromatic rings. The van der Waals surface area contributed by atoms with Gasteiger partial charge >= 0.3 is 0 Å². The number of amides is 2. The maximum Gasteiger partial charge on any atom is 0.223 e. The van der Waals surface area contributed by atoms with Crippen LogP contribution >= 0.6 is 0 Å². The molecular formula is C26H32N2O3. The van der Waals surface area contributed by atoms with Crippen molar-refractivity contribution in [2.24, 2.45) is 5.41 Å².